The Labute approximate surface area is 195 Å². The molecule has 0 unspecified atom stereocenters. The average Bonchev–Trinajstić information content (AvgIpc) is 3.17. The number of nitrogens with zero attached hydrogens (tertiary/aromatic N) is 5. The van der Waals surface area contributed by atoms with E-state index in [1.165, 1.54) is 10.5 Å². The lowest BCUT2D eigenvalue weighted by Crippen LogP contribution is -2.39. The molecule has 2 aromatic heterocycles. The van der Waals surface area contributed by atoms with Crippen molar-refractivity contribution in [1.29, 1.82) is 0 Å². The Hall–Kier alpha value is -2.51. The summed E-state index contributed by atoms with van der Waals surface area (Å²) < 4.78 is 70.6. The standard InChI is InChI=1S/C21H26F3N5O4S/c1-34(31,32)28-7-4-15(5-8-28)13-33-18-9-26-19(29(20(18)30)14-21(22,23)24)12-27-10-16-3-2-6-25-17(16)11-27/h2-3,6,9,15H,4-5,7-8,10-14H2,1H3. The Bertz CT molecular complexity index is 1170. The molecule has 0 spiro atoms. The third kappa shape index (κ3) is 5.94. The fourth-order valence-corrected chi connectivity index (χ4v) is 5.14. The number of alkyl halides is 3. The number of ether oxygens (including phenoxy) is 1. The van der Waals surface area contributed by atoms with Gasteiger partial charge < -0.3 is 4.74 Å². The predicted molar refractivity (Wildman–Crippen MR) is 116 cm³/mol. The molecule has 2 aliphatic rings. The van der Waals surface area contributed by atoms with Gasteiger partial charge in [0.1, 0.15) is 12.4 Å². The van der Waals surface area contributed by atoms with Crippen LogP contribution in [0.5, 0.6) is 5.75 Å². The number of hydrogen-bond donors (Lipinski definition) is 0. The molecule has 0 atom stereocenters. The van der Waals surface area contributed by atoms with Gasteiger partial charge >= 0.3 is 6.18 Å². The first-order chi connectivity index (χ1) is 16.0. The van der Waals surface area contributed by atoms with Crippen molar-refractivity contribution in [2.45, 2.75) is 45.2 Å². The minimum absolute atomic E-state index is 0.00365. The van der Waals surface area contributed by atoms with Gasteiger partial charge in [0.15, 0.2) is 0 Å². The maximum Gasteiger partial charge on any atom is 0.406 e. The Balaban J connectivity index is 1.46. The molecule has 2 aliphatic heterocycles. The first-order valence-electron chi connectivity index (χ1n) is 10.9. The van der Waals surface area contributed by atoms with Gasteiger partial charge in [0, 0.05) is 32.4 Å². The summed E-state index contributed by atoms with van der Waals surface area (Å²) in [5.74, 6) is -0.252. The fraction of sp³-hybridized carbons (Fsp3) is 0.571. The van der Waals surface area contributed by atoms with Crippen molar-refractivity contribution in [3.8, 4) is 5.75 Å². The molecule has 0 bridgehead atoms. The van der Waals surface area contributed by atoms with E-state index in [0.29, 0.717) is 43.6 Å². The summed E-state index contributed by atoms with van der Waals surface area (Å²) in [6, 6.07) is 3.72. The summed E-state index contributed by atoms with van der Waals surface area (Å²) in [5, 5.41) is 0. The molecular weight excluding hydrogens is 475 g/mol. The molecule has 186 valence electrons. The van der Waals surface area contributed by atoms with Gasteiger partial charge in [-0.25, -0.2) is 17.7 Å². The number of sulfonamides is 1. The maximum atomic E-state index is 13.3. The van der Waals surface area contributed by atoms with E-state index in [-0.39, 0.29) is 30.6 Å². The van der Waals surface area contributed by atoms with Crippen molar-refractivity contribution in [2.24, 2.45) is 5.92 Å². The molecule has 4 heterocycles. The highest BCUT2D eigenvalue weighted by molar-refractivity contribution is 7.88. The molecule has 1 fully saturated rings. The van der Waals surface area contributed by atoms with Crippen LogP contribution in [0, 0.1) is 5.92 Å². The zero-order valence-corrected chi connectivity index (χ0v) is 19.5. The smallest absolute Gasteiger partial charge is 0.406 e. The van der Waals surface area contributed by atoms with Gasteiger partial charge in [-0.05, 0) is 30.4 Å². The summed E-state index contributed by atoms with van der Waals surface area (Å²) in [6.45, 7) is 0.360. The lowest BCUT2D eigenvalue weighted by atomic mass is 9.99. The van der Waals surface area contributed by atoms with Crippen LogP contribution in [0.3, 0.4) is 0 Å². The average molecular weight is 502 g/mol. The molecule has 34 heavy (non-hydrogen) atoms. The third-order valence-corrected chi connectivity index (χ3v) is 7.37. The van der Waals surface area contributed by atoms with Gasteiger partial charge in [-0.2, -0.15) is 13.2 Å². The largest absolute Gasteiger partial charge is 0.486 e. The molecule has 2 aromatic rings. The molecule has 9 nitrogen and oxygen atoms in total. The zero-order chi connectivity index (χ0) is 24.5. The Morgan fingerprint density at radius 1 is 1.18 bits per heavy atom. The van der Waals surface area contributed by atoms with Crippen LogP contribution in [0.15, 0.2) is 29.3 Å². The lowest BCUT2D eigenvalue weighted by Gasteiger charge is -2.30. The molecule has 0 aromatic carbocycles. The van der Waals surface area contributed by atoms with Crippen molar-refractivity contribution < 1.29 is 26.3 Å². The summed E-state index contributed by atoms with van der Waals surface area (Å²) >= 11 is 0. The van der Waals surface area contributed by atoms with E-state index in [1.807, 2.05) is 11.0 Å². The first-order valence-corrected chi connectivity index (χ1v) is 12.7. The minimum Gasteiger partial charge on any atom is -0.486 e. The second-order valence-corrected chi connectivity index (χ2v) is 10.7. The Morgan fingerprint density at radius 3 is 2.56 bits per heavy atom. The molecule has 0 radical (unpaired) electrons. The molecule has 13 heteroatoms. The van der Waals surface area contributed by atoms with E-state index in [2.05, 4.69) is 9.97 Å². The highest BCUT2D eigenvalue weighted by Gasteiger charge is 2.32. The van der Waals surface area contributed by atoms with Crippen molar-refractivity contribution in [2.75, 3.05) is 26.0 Å². The number of fused-ring (bicyclic) bond motifs is 1. The molecule has 0 saturated carbocycles. The SMILES string of the molecule is CS(=O)(=O)N1CCC(COc2cnc(CN3Cc4cccnc4C3)n(CC(F)(F)F)c2=O)CC1. The number of aromatic nitrogens is 3. The number of rotatable bonds is 7. The van der Waals surface area contributed by atoms with Crippen LogP contribution in [0.1, 0.15) is 29.9 Å². The fourth-order valence-electron chi connectivity index (χ4n) is 4.27. The Kier molecular flexibility index (Phi) is 6.97. The molecule has 0 N–H and O–H groups in total. The summed E-state index contributed by atoms with van der Waals surface area (Å²) in [4.78, 5) is 23.2. The maximum absolute atomic E-state index is 13.3. The van der Waals surface area contributed by atoms with Gasteiger partial charge in [0.05, 0.1) is 31.3 Å². The van der Waals surface area contributed by atoms with Crippen molar-refractivity contribution in [3.05, 3.63) is 52.0 Å². The van der Waals surface area contributed by atoms with E-state index in [0.717, 1.165) is 17.5 Å². The molecule has 0 amide bonds. The normalized spacial score (nSPS) is 18.2. The highest BCUT2D eigenvalue weighted by Crippen LogP contribution is 2.24. The topological polar surface area (TPSA) is 97.6 Å². The monoisotopic (exact) mass is 501 g/mol. The molecular formula is C21H26F3N5O4S. The number of piperidine rings is 1. The summed E-state index contributed by atoms with van der Waals surface area (Å²) in [6.07, 6.45) is 0.469. The van der Waals surface area contributed by atoms with Crippen molar-refractivity contribution >= 4 is 10.0 Å². The van der Waals surface area contributed by atoms with E-state index < -0.39 is 28.3 Å². The van der Waals surface area contributed by atoms with Crippen LogP contribution in [0.2, 0.25) is 0 Å². The highest BCUT2D eigenvalue weighted by atomic mass is 32.2. The number of hydrogen-bond acceptors (Lipinski definition) is 7. The van der Waals surface area contributed by atoms with Crippen LogP contribution in [0.4, 0.5) is 13.2 Å². The van der Waals surface area contributed by atoms with Gasteiger partial charge in [0.2, 0.25) is 15.8 Å². The molecule has 1 saturated heterocycles. The van der Waals surface area contributed by atoms with Gasteiger partial charge in [-0.15, -0.1) is 0 Å². The molecule has 0 aliphatic carbocycles. The van der Waals surface area contributed by atoms with E-state index in [9.17, 15) is 26.4 Å². The minimum atomic E-state index is -4.60. The van der Waals surface area contributed by atoms with Crippen LogP contribution < -0.4 is 10.3 Å². The molecule has 4 rings (SSSR count). The van der Waals surface area contributed by atoms with Gasteiger partial charge in [0.25, 0.3) is 5.56 Å². The van der Waals surface area contributed by atoms with Gasteiger partial charge in [-0.1, -0.05) is 6.07 Å². The van der Waals surface area contributed by atoms with Crippen LogP contribution in [0.25, 0.3) is 0 Å². The summed E-state index contributed by atoms with van der Waals surface area (Å²) in [5.41, 5.74) is 0.967. The van der Waals surface area contributed by atoms with Crippen LogP contribution >= 0.6 is 0 Å². The number of pyridine rings is 1. The number of halogens is 3. The van der Waals surface area contributed by atoms with E-state index in [4.69, 9.17) is 4.74 Å². The van der Waals surface area contributed by atoms with Gasteiger partial charge in [-0.3, -0.25) is 19.2 Å². The second-order valence-electron chi connectivity index (χ2n) is 8.72. The van der Waals surface area contributed by atoms with E-state index in [1.54, 1.807) is 12.3 Å². The zero-order valence-electron chi connectivity index (χ0n) is 18.7. The second kappa shape index (κ2) is 9.62. The summed E-state index contributed by atoms with van der Waals surface area (Å²) in [7, 11) is -3.26. The predicted octanol–water partition coefficient (Wildman–Crippen LogP) is 1.77. The third-order valence-electron chi connectivity index (χ3n) is 6.07. The van der Waals surface area contributed by atoms with Crippen LogP contribution in [-0.2, 0) is 36.2 Å². The lowest BCUT2D eigenvalue weighted by molar-refractivity contribution is -0.142. The quantitative estimate of drug-likeness (QED) is 0.570. The van der Waals surface area contributed by atoms with Crippen molar-refractivity contribution in [3.63, 3.8) is 0 Å². The first kappa shape index (κ1) is 24.6. The van der Waals surface area contributed by atoms with Crippen LogP contribution in [-0.4, -0.2) is 64.3 Å². The Morgan fingerprint density at radius 2 is 1.91 bits per heavy atom. The van der Waals surface area contributed by atoms with Crippen molar-refractivity contribution in [1.82, 2.24) is 23.7 Å². The van der Waals surface area contributed by atoms with E-state index >= 15 is 0 Å².